The maximum absolute atomic E-state index is 6.16. The summed E-state index contributed by atoms with van der Waals surface area (Å²) in [5.74, 6) is 0. The van der Waals surface area contributed by atoms with Crippen LogP contribution in [0.1, 0.15) is 23.6 Å². The zero-order valence-electron chi connectivity index (χ0n) is 12.0. The first-order chi connectivity index (χ1) is 10.2. The smallest absolute Gasteiger partial charge is 0.0719 e. The van der Waals surface area contributed by atoms with Gasteiger partial charge < -0.3 is 10.1 Å². The van der Waals surface area contributed by atoms with Gasteiger partial charge in [0, 0.05) is 29.7 Å². The van der Waals surface area contributed by atoms with Gasteiger partial charge >= 0.3 is 0 Å². The second kappa shape index (κ2) is 8.40. The van der Waals surface area contributed by atoms with Gasteiger partial charge in [0.1, 0.15) is 0 Å². The van der Waals surface area contributed by atoms with Crippen LogP contribution in [0.5, 0.6) is 0 Å². The minimum absolute atomic E-state index is 0.645. The van der Waals surface area contributed by atoms with Crippen molar-refractivity contribution in [2.24, 2.45) is 0 Å². The van der Waals surface area contributed by atoms with Gasteiger partial charge in [0.15, 0.2) is 0 Å². The Kier molecular flexibility index (Phi) is 6.52. The van der Waals surface area contributed by atoms with Gasteiger partial charge in [0.05, 0.1) is 6.61 Å². The first-order valence-electron chi connectivity index (χ1n) is 7.00. The highest BCUT2D eigenvalue weighted by Gasteiger charge is 2.04. The topological polar surface area (TPSA) is 21.3 Å². The van der Waals surface area contributed by atoms with Crippen molar-refractivity contribution in [1.82, 2.24) is 5.32 Å². The number of halogens is 2. The molecule has 2 aromatic rings. The predicted molar refractivity (Wildman–Crippen MR) is 88.8 cm³/mol. The van der Waals surface area contributed by atoms with Gasteiger partial charge in [0.25, 0.3) is 0 Å². The molecule has 0 bridgehead atoms. The highest BCUT2D eigenvalue weighted by molar-refractivity contribution is 6.33. The molecule has 0 aromatic heterocycles. The number of benzene rings is 2. The summed E-state index contributed by atoms with van der Waals surface area (Å²) < 4.78 is 5.49. The average Bonchev–Trinajstić information content (AvgIpc) is 2.50. The lowest BCUT2D eigenvalue weighted by molar-refractivity contribution is 0.133. The maximum Gasteiger partial charge on any atom is 0.0719 e. The summed E-state index contributed by atoms with van der Waals surface area (Å²) in [6.45, 7) is 4.82. The summed E-state index contributed by atoms with van der Waals surface area (Å²) in [4.78, 5) is 0. The third-order valence-electron chi connectivity index (χ3n) is 3.22. The Bertz CT molecular complexity index is 587. The van der Waals surface area contributed by atoms with E-state index >= 15 is 0 Å². The molecular weight excluding hydrogens is 305 g/mol. The Labute approximate surface area is 136 Å². The van der Waals surface area contributed by atoms with E-state index in [1.807, 2.05) is 31.2 Å². The van der Waals surface area contributed by atoms with Crippen molar-refractivity contribution in [3.63, 3.8) is 0 Å². The van der Waals surface area contributed by atoms with Crippen molar-refractivity contribution in [2.75, 3.05) is 6.61 Å². The van der Waals surface area contributed by atoms with Crippen LogP contribution in [0, 0.1) is 0 Å². The zero-order chi connectivity index (χ0) is 15.1. The Hall–Kier alpha value is -1.06. The highest BCUT2D eigenvalue weighted by atomic mass is 35.5. The van der Waals surface area contributed by atoms with E-state index in [0.29, 0.717) is 18.2 Å². The van der Waals surface area contributed by atoms with E-state index in [1.54, 1.807) is 6.07 Å². The minimum atomic E-state index is 0.645. The summed E-state index contributed by atoms with van der Waals surface area (Å²) in [5.41, 5.74) is 3.46. The van der Waals surface area contributed by atoms with E-state index in [9.17, 15) is 0 Å². The fourth-order valence-corrected chi connectivity index (χ4v) is 2.47. The molecule has 4 heteroatoms. The Morgan fingerprint density at radius 3 is 2.43 bits per heavy atom. The van der Waals surface area contributed by atoms with Crippen molar-refractivity contribution < 1.29 is 4.74 Å². The third kappa shape index (κ3) is 5.01. The fourth-order valence-electron chi connectivity index (χ4n) is 2.09. The van der Waals surface area contributed by atoms with Crippen LogP contribution in [0.2, 0.25) is 10.0 Å². The molecule has 0 saturated heterocycles. The first-order valence-corrected chi connectivity index (χ1v) is 7.75. The molecule has 0 atom stereocenters. The molecule has 2 aromatic carbocycles. The predicted octanol–water partition coefficient (Wildman–Crippen LogP) is 4.82. The molecule has 0 unspecified atom stereocenters. The minimum Gasteiger partial charge on any atom is -0.377 e. The van der Waals surface area contributed by atoms with Crippen molar-refractivity contribution >= 4 is 23.2 Å². The molecule has 0 spiro atoms. The van der Waals surface area contributed by atoms with Gasteiger partial charge in [-0.05, 0) is 41.8 Å². The van der Waals surface area contributed by atoms with E-state index < -0.39 is 0 Å². The molecule has 0 heterocycles. The lowest BCUT2D eigenvalue weighted by atomic mass is 10.1. The SMILES string of the molecule is CCOCc1ccccc1CNCc1cc(Cl)ccc1Cl. The summed E-state index contributed by atoms with van der Waals surface area (Å²) in [7, 11) is 0. The molecule has 2 rings (SSSR count). The van der Waals surface area contributed by atoms with E-state index in [0.717, 1.165) is 23.7 Å². The summed E-state index contributed by atoms with van der Waals surface area (Å²) in [6.07, 6.45) is 0. The second-order valence-electron chi connectivity index (χ2n) is 4.75. The maximum atomic E-state index is 6.16. The largest absolute Gasteiger partial charge is 0.377 e. The summed E-state index contributed by atoms with van der Waals surface area (Å²) in [6, 6.07) is 13.8. The quantitative estimate of drug-likeness (QED) is 0.788. The van der Waals surface area contributed by atoms with Crippen molar-refractivity contribution in [3.05, 3.63) is 69.2 Å². The monoisotopic (exact) mass is 323 g/mol. The second-order valence-corrected chi connectivity index (χ2v) is 5.59. The lowest BCUT2D eigenvalue weighted by Crippen LogP contribution is -2.14. The molecular formula is C17H19Cl2NO. The van der Waals surface area contributed by atoms with Gasteiger partial charge in [-0.2, -0.15) is 0 Å². The van der Waals surface area contributed by atoms with Gasteiger partial charge in [-0.25, -0.2) is 0 Å². The van der Waals surface area contributed by atoms with Crippen molar-refractivity contribution in [3.8, 4) is 0 Å². The number of hydrogen-bond donors (Lipinski definition) is 1. The molecule has 112 valence electrons. The van der Waals surface area contributed by atoms with Crippen molar-refractivity contribution in [2.45, 2.75) is 26.6 Å². The molecule has 0 amide bonds. The van der Waals surface area contributed by atoms with Crippen LogP contribution in [-0.2, 0) is 24.4 Å². The van der Waals surface area contributed by atoms with Crippen LogP contribution < -0.4 is 5.32 Å². The number of rotatable bonds is 7. The molecule has 0 fully saturated rings. The van der Waals surface area contributed by atoms with E-state index in [-0.39, 0.29) is 0 Å². The molecule has 0 aliphatic carbocycles. The van der Waals surface area contributed by atoms with Crippen LogP contribution in [0.3, 0.4) is 0 Å². The number of ether oxygens (including phenoxy) is 1. The fraction of sp³-hybridized carbons (Fsp3) is 0.294. The van der Waals surface area contributed by atoms with Gasteiger partial charge in [-0.15, -0.1) is 0 Å². The standard InChI is InChI=1S/C17H19Cl2NO/c1-2-21-12-14-6-4-3-5-13(14)10-20-11-15-9-16(18)7-8-17(15)19/h3-9,20H,2,10-12H2,1H3. The van der Waals surface area contributed by atoms with E-state index in [4.69, 9.17) is 27.9 Å². The number of hydrogen-bond acceptors (Lipinski definition) is 2. The highest BCUT2D eigenvalue weighted by Crippen LogP contribution is 2.20. The molecule has 2 nitrogen and oxygen atoms in total. The molecule has 0 radical (unpaired) electrons. The van der Waals surface area contributed by atoms with Crippen LogP contribution in [0.4, 0.5) is 0 Å². The number of nitrogens with one attached hydrogen (secondary N) is 1. The van der Waals surface area contributed by atoms with E-state index in [2.05, 4.69) is 17.4 Å². The van der Waals surface area contributed by atoms with Crippen LogP contribution >= 0.6 is 23.2 Å². The Balaban J connectivity index is 1.95. The molecule has 0 saturated carbocycles. The average molecular weight is 324 g/mol. The Morgan fingerprint density at radius 2 is 1.67 bits per heavy atom. The molecule has 0 aliphatic heterocycles. The van der Waals surface area contributed by atoms with E-state index in [1.165, 1.54) is 11.1 Å². The van der Waals surface area contributed by atoms with Crippen LogP contribution in [-0.4, -0.2) is 6.61 Å². The van der Waals surface area contributed by atoms with Crippen LogP contribution in [0.15, 0.2) is 42.5 Å². The summed E-state index contributed by atoms with van der Waals surface area (Å²) >= 11 is 12.2. The zero-order valence-corrected chi connectivity index (χ0v) is 13.5. The summed E-state index contributed by atoms with van der Waals surface area (Å²) in [5, 5.41) is 4.84. The van der Waals surface area contributed by atoms with Gasteiger partial charge in [-0.1, -0.05) is 47.5 Å². The van der Waals surface area contributed by atoms with Crippen molar-refractivity contribution in [1.29, 1.82) is 0 Å². The van der Waals surface area contributed by atoms with Crippen LogP contribution in [0.25, 0.3) is 0 Å². The lowest BCUT2D eigenvalue weighted by Gasteiger charge is -2.11. The Morgan fingerprint density at radius 1 is 0.952 bits per heavy atom. The molecule has 1 N–H and O–H groups in total. The van der Waals surface area contributed by atoms with Gasteiger partial charge in [-0.3, -0.25) is 0 Å². The third-order valence-corrected chi connectivity index (χ3v) is 3.82. The first kappa shape index (κ1) is 16.3. The molecule has 21 heavy (non-hydrogen) atoms. The normalized spacial score (nSPS) is 10.8. The molecule has 0 aliphatic rings. The van der Waals surface area contributed by atoms with Gasteiger partial charge in [0.2, 0.25) is 0 Å².